The van der Waals surface area contributed by atoms with Crippen LogP contribution in [0.5, 0.6) is 0 Å². The van der Waals surface area contributed by atoms with Crippen molar-refractivity contribution < 1.29 is 9.22 Å². The van der Waals surface area contributed by atoms with Crippen molar-refractivity contribution in [3.63, 3.8) is 0 Å². The normalized spacial score (nSPS) is 14.8. The molecule has 3 nitrogen and oxygen atoms in total. The zero-order valence-corrected chi connectivity index (χ0v) is 6.07. The fourth-order valence-electron chi connectivity index (χ4n) is 0.728. The van der Waals surface area contributed by atoms with E-state index in [0.29, 0.717) is 5.82 Å². The molecule has 0 aliphatic rings. The molecule has 0 aromatic carbocycles. The molecule has 1 N–H and O–H groups in total. The molecule has 0 bridgehead atoms. The predicted molar refractivity (Wildman–Crippen MR) is 44.6 cm³/mol. The van der Waals surface area contributed by atoms with Gasteiger partial charge in [0, 0.05) is 23.8 Å². The van der Waals surface area contributed by atoms with Gasteiger partial charge in [0.1, 0.15) is 5.82 Å². The second-order valence-electron chi connectivity index (χ2n) is 2.06. The number of anilines is 1. The van der Waals surface area contributed by atoms with Crippen molar-refractivity contribution in [1.82, 2.24) is 4.98 Å². The van der Waals surface area contributed by atoms with E-state index in [1.54, 1.807) is 18.2 Å². The van der Waals surface area contributed by atoms with Gasteiger partial charge in [-0.25, -0.2) is 4.98 Å². The van der Waals surface area contributed by atoms with Crippen molar-refractivity contribution in [3.05, 3.63) is 24.4 Å². The molecule has 0 unspecified atom stereocenters. The smallest absolute Gasteiger partial charge is 0.128 e. The summed E-state index contributed by atoms with van der Waals surface area (Å²) in [6, 6.07) is 5.01. The van der Waals surface area contributed by atoms with Crippen LogP contribution >= 0.6 is 0 Å². The van der Waals surface area contributed by atoms with Crippen molar-refractivity contribution in [2.24, 2.45) is 0 Å². The summed E-state index contributed by atoms with van der Waals surface area (Å²) in [7, 11) is 0. The highest BCUT2D eigenvalue weighted by Crippen LogP contribution is 2.04. The van der Waals surface area contributed by atoms with Crippen LogP contribution in [0.3, 0.4) is 0 Å². The lowest BCUT2D eigenvalue weighted by molar-refractivity contribution is 0.304. The Morgan fingerprint density at radius 1 is 1.73 bits per heavy atom. The van der Waals surface area contributed by atoms with Gasteiger partial charge in [-0.1, -0.05) is 6.07 Å². The summed E-state index contributed by atoms with van der Waals surface area (Å²) in [6.45, 7) is -2.43. The first-order chi connectivity index (χ1) is 6.55. The minimum Gasteiger partial charge on any atom is -0.395 e. The number of hydrogen-bond donors (Lipinski definition) is 1. The molecule has 0 saturated heterocycles. The zero-order chi connectivity index (χ0) is 10.6. The van der Waals surface area contributed by atoms with E-state index < -0.39 is 6.98 Å². The molecule has 0 radical (unpaired) electrons. The van der Waals surface area contributed by atoms with Crippen LogP contribution in [0.4, 0.5) is 5.82 Å². The van der Waals surface area contributed by atoms with Crippen LogP contribution in [-0.4, -0.2) is 30.2 Å². The zero-order valence-electron chi connectivity index (χ0n) is 9.07. The number of aliphatic hydroxyl groups excluding tert-OH is 1. The SMILES string of the molecule is [2H]C([2H])([2H])N(CCO)c1ccccn1. The van der Waals surface area contributed by atoms with Crippen molar-refractivity contribution in [1.29, 1.82) is 0 Å². The Labute approximate surface area is 70.5 Å². The van der Waals surface area contributed by atoms with E-state index in [1.165, 1.54) is 6.20 Å². The number of rotatable bonds is 3. The van der Waals surface area contributed by atoms with Crippen molar-refractivity contribution in [2.45, 2.75) is 0 Å². The lowest BCUT2D eigenvalue weighted by Crippen LogP contribution is -2.21. The number of aliphatic hydroxyl groups is 1. The van der Waals surface area contributed by atoms with Crippen molar-refractivity contribution in [2.75, 3.05) is 25.0 Å². The largest absolute Gasteiger partial charge is 0.395 e. The highest BCUT2D eigenvalue weighted by Gasteiger charge is 1.97. The first kappa shape index (κ1) is 4.72. The van der Waals surface area contributed by atoms with Gasteiger partial charge in [0.15, 0.2) is 0 Å². The Kier molecular flexibility index (Phi) is 1.69. The third-order valence-corrected chi connectivity index (χ3v) is 1.25. The number of hydrogen-bond acceptors (Lipinski definition) is 3. The first-order valence-corrected chi connectivity index (χ1v) is 3.35. The Morgan fingerprint density at radius 2 is 2.64 bits per heavy atom. The van der Waals surface area contributed by atoms with E-state index in [-0.39, 0.29) is 13.2 Å². The third kappa shape index (κ3) is 2.20. The van der Waals surface area contributed by atoms with E-state index in [9.17, 15) is 0 Å². The maximum atomic E-state index is 8.74. The average Bonchev–Trinajstić information content (AvgIpc) is 2.14. The highest BCUT2D eigenvalue weighted by molar-refractivity contribution is 5.35. The summed E-state index contributed by atoms with van der Waals surface area (Å²) < 4.78 is 21.7. The molecule has 60 valence electrons. The molecule has 11 heavy (non-hydrogen) atoms. The first-order valence-electron chi connectivity index (χ1n) is 4.85. The second kappa shape index (κ2) is 3.93. The molecule has 0 amide bonds. The van der Waals surface area contributed by atoms with Gasteiger partial charge in [-0.3, -0.25) is 0 Å². The molecule has 1 aromatic heterocycles. The van der Waals surface area contributed by atoms with Gasteiger partial charge in [-0.15, -0.1) is 0 Å². The lowest BCUT2D eigenvalue weighted by Gasteiger charge is -2.15. The summed E-state index contributed by atoms with van der Waals surface area (Å²) in [6.07, 6.45) is 1.52. The minimum atomic E-state index is -2.27. The van der Waals surface area contributed by atoms with Crippen LogP contribution < -0.4 is 4.90 Å². The maximum absolute atomic E-state index is 8.74. The molecule has 1 rings (SSSR count). The summed E-state index contributed by atoms with van der Waals surface area (Å²) in [5.41, 5.74) is 0. The van der Waals surface area contributed by atoms with Crippen molar-refractivity contribution in [3.8, 4) is 0 Å². The van der Waals surface area contributed by atoms with Gasteiger partial charge in [-0.2, -0.15) is 0 Å². The molecule has 0 saturated carbocycles. The summed E-state index contributed by atoms with van der Waals surface area (Å²) >= 11 is 0. The molecule has 1 aromatic rings. The molecule has 1 heterocycles. The van der Waals surface area contributed by atoms with Crippen LogP contribution in [-0.2, 0) is 0 Å². The molecule has 0 aliphatic carbocycles. The summed E-state index contributed by atoms with van der Waals surface area (Å²) in [4.78, 5) is 5.01. The molecule has 0 aliphatic heterocycles. The van der Waals surface area contributed by atoms with Gasteiger partial charge in [-0.05, 0) is 12.1 Å². The topological polar surface area (TPSA) is 36.4 Å². The van der Waals surface area contributed by atoms with Crippen LogP contribution in [0, 0.1) is 0 Å². The van der Waals surface area contributed by atoms with Crippen LogP contribution in [0.25, 0.3) is 0 Å². The Morgan fingerprint density at radius 3 is 3.18 bits per heavy atom. The quantitative estimate of drug-likeness (QED) is 0.691. The van der Waals surface area contributed by atoms with Crippen LogP contribution in [0.2, 0.25) is 0 Å². The van der Waals surface area contributed by atoms with Crippen LogP contribution in [0.15, 0.2) is 24.4 Å². The molecule has 0 fully saturated rings. The highest BCUT2D eigenvalue weighted by atomic mass is 16.3. The van der Waals surface area contributed by atoms with Crippen molar-refractivity contribution >= 4 is 5.82 Å². The van der Waals surface area contributed by atoms with Gasteiger partial charge >= 0.3 is 0 Å². The van der Waals surface area contributed by atoms with E-state index in [0.717, 1.165) is 4.90 Å². The number of aromatic nitrogens is 1. The average molecular weight is 155 g/mol. The summed E-state index contributed by atoms with van der Waals surface area (Å²) in [5, 5.41) is 8.74. The van der Waals surface area contributed by atoms with Gasteiger partial charge in [0.05, 0.1) is 6.61 Å². The summed E-state index contributed by atoms with van der Waals surface area (Å²) in [5.74, 6) is 0.349. The molecule has 0 spiro atoms. The monoisotopic (exact) mass is 155 g/mol. The van der Waals surface area contributed by atoms with Gasteiger partial charge < -0.3 is 10.0 Å². The fourth-order valence-corrected chi connectivity index (χ4v) is 0.728. The Bertz CT molecular complexity index is 276. The molecule has 0 atom stereocenters. The maximum Gasteiger partial charge on any atom is 0.128 e. The standard InChI is InChI=1S/C8H12N2O/c1-10(6-7-11)8-4-2-3-5-9-8/h2-5,11H,6-7H2,1H3/i1D3. The fraction of sp³-hybridized carbons (Fsp3) is 0.375. The predicted octanol–water partition coefficient (Wildman–Crippen LogP) is 0.510. The lowest BCUT2D eigenvalue weighted by atomic mass is 10.4. The van der Waals surface area contributed by atoms with Gasteiger partial charge in [0.25, 0.3) is 0 Å². The van der Waals surface area contributed by atoms with E-state index in [2.05, 4.69) is 4.98 Å². The number of likely N-dealkylation sites (N-methyl/N-ethyl adjacent to an activating group) is 1. The van der Waals surface area contributed by atoms with Crippen LogP contribution in [0.1, 0.15) is 4.11 Å². The third-order valence-electron chi connectivity index (χ3n) is 1.25. The molecule has 3 heteroatoms. The molecular weight excluding hydrogens is 140 g/mol. The Hall–Kier alpha value is -1.09. The number of nitrogens with zero attached hydrogens (tertiary/aromatic N) is 2. The van der Waals surface area contributed by atoms with Gasteiger partial charge in [0.2, 0.25) is 0 Å². The Balaban J connectivity index is 2.89. The molecular formula is C8H12N2O. The van der Waals surface area contributed by atoms with E-state index in [4.69, 9.17) is 9.22 Å². The minimum absolute atomic E-state index is 0.0491. The second-order valence-corrected chi connectivity index (χ2v) is 2.06. The van der Waals surface area contributed by atoms with E-state index >= 15 is 0 Å². The number of pyridine rings is 1. The van der Waals surface area contributed by atoms with E-state index in [1.807, 2.05) is 0 Å².